The van der Waals surface area contributed by atoms with Gasteiger partial charge in [-0.25, -0.2) is 0 Å². The number of fused-ring (bicyclic) bond motifs is 5. The maximum atomic E-state index is 12.3. The molecule has 1 aromatic rings. The van der Waals surface area contributed by atoms with Gasteiger partial charge >= 0.3 is 0 Å². The fourth-order valence-electron chi connectivity index (χ4n) is 5.26. The van der Waals surface area contributed by atoms with Crippen LogP contribution in [0, 0.1) is 17.3 Å². The minimum absolute atomic E-state index is 0.253. The molecule has 5 atom stereocenters. The van der Waals surface area contributed by atoms with E-state index in [0.717, 1.165) is 12.3 Å². The first-order chi connectivity index (χ1) is 9.61. The zero-order chi connectivity index (χ0) is 13.9. The monoisotopic (exact) mass is 380 g/mol. The number of carbonyl (C=O) groups excluding carboxylic acids is 1. The first-order valence-electron chi connectivity index (χ1n) is 7.86. The Morgan fingerprint density at radius 1 is 1.25 bits per heavy atom. The molecule has 106 valence electrons. The molecular formula is C18H21IO. The molecule has 1 aromatic carbocycles. The second-order valence-corrected chi connectivity index (χ2v) is 8.44. The van der Waals surface area contributed by atoms with Gasteiger partial charge in [-0.15, -0.1) is 0 Å². The molecule has 3 aliphatic rings. The van der Waals surface area contributed by atoms with Gasteiger partial charge < -0.3 is 0 Å². The molecule has 20 heavy (non-hydrogen) atoms. The molecule has 1 nitrogen and oxygen atoms in total. The van der Waals surface area contributed by atoms with Crippen molar-refractivity contribution in [2.75, 3.05) is 0 Å². The fraction of sp³-hybridized carbons (Fsp3) is 0.611. The fourth-order valence-corrected chi connectivity index (χ4v) is 6.28. The third-order valence-corrected chi connectivity index (χ3v) is 8.48. The van der Waals surface area contributed by atoms with Crippen LogP contribution in [0.4, 0.5) is 0 Å². The molecule has 0 heterocycles. The Kier molecular flexibility index (Phi) is 3.03. The van der Waals surface area contributed by atoms with E-state index >= 15 is 0 Å². The van der Waals surface area contributed by atoms with Crippen molar-refractivity contribution in [3.05, 3.63) is 35.4 Å². The highest BCUT2D eigenvalue weighted by molar-refractivity contribution is 14.1. The van der Waals surface area contributed by atoms with Crippen molar-refractivity contribution >= 4 is 28.4 Å². The molecule has 0 saturated heterocycles. The molecule has 0 bridgehead atoms. The third-order valence-electron chi connectivity index (χ3n) is 6.36. The lowest BCUT2D eigenvalue weighted by Gasteiger charge is -2.49. The second kappa shape index (κ2) is 4.56. The van der Waals surface area contributed by atoms with Crippen molar-refractivity contribution in [1.29, 1.82) is 0 Å². The third kappa shape index (κ3) is 1.69. The summed E-state index contributed by atoms with van der Waals surface area (Å²) in [5, 5.41) is 0. The van der Waals surface area contributed by atoms with Gasteiger partial charge in [0.1, 0.15) is 5.78 Å². The number of carbonyl (C=O) groups is 1. The van der Waals surface area contributed by atoms with Crippen LogP contribution in [-0.4, -0.2) is 9.71 Å². The first kappa shape index (κ1) is 13.3. The highest BCUT2D eigenvalue weighted by Gasteiger charge is 2.57. The normalized spacial score (nSPS) is 42.8. The number of hydrogen-bond acceptors (Lipinski definition) is 1. The standard InChI is InChI=1S/C18H21IO/c1-18-9-8-13-12-5-3-2-4-11(12)6-7-14(13)15(18)10-16(20)17(18)19/h2-5,13-15,17H,6-10H2,1H3/t13-,14-,15+,17-,18-/m1/s1. The minimum atomic E-state index is 0.253. The van der Waals surface area contributed by atoms with E-state index in [9.17, 15) is 4.79 Å². The number of Topliss-reactive ketones (excluding diaryl/α,β-unsaturated/α-hetero) is 1. The maximum absolute atomic E-state index is 12.3. The van der Waals surface area contributed by atoms with E-state index in [4.69, 9.17) is 0 Å². The Labute approximate surface area is 134 Å². The van der Waals surface area contributed by atoms with Gasteiger partial charge in [0.25, 0.3) is 0 Å². The molecule has 0 aliphatic heterocycles. The molecule has 0 spiro atoms. The van der Waals surface area contributed by atoms with Crippen molar-refractivity contribution in [3.8, 4) is 0 Å². The molecule has 2 saturated carbocycles. The number of ketones is 1. The summed E-state index contributed by atoms with van der Waals surface area (Å²) in [6, 6.07) is 9.01. The van der Waals surface area contributed by atoms with E-state index < -0.39 is 0 Å². The molecule has 0 unspecified atom stereocenters. The average Bonchev–Trinajstić information content (AvgIpc) is 2.71. The SMILES string of the molecule is C[C@@]12CC[C@@H]3c4ccccc4CC[C@H]3[C@@H]1CC(=O)[C@H]2I. The Morgan fingerprint density at radius 2 is 2.05 bits per heavy atom. The summed E-state index contributed by atoms with van der Waals surface area (Å²) in [4.78, 5) is 12.3. The molecule has 0 amide bonds. The number of alkyl halides is 1. The quantitative estimate of drug-likeness (QED) is 0.478. The number of aryl methyl sites for hydroxylation is 1. The van der Waals surface area contributed by atoms with Crippen LogP contribution in [0.1, 0.15) is 49.7 Å². The van der Waals surface area contributed by atoms with E-state index in [1.54, 1.807) is 11.1 Å². The molecule has 0 N–H and O–H groups in total. The van der Waals surface area contributed by atoms with Crippen molar-refractivity contribution < 1.29 is 4.79 Å². The topological polar surface area (TPSA) is 17.1 Å². The van der Waals surface area contributed by atoms with E-state index in [1.807, 2.05) is 0 Å². The lowest BCUT2D eigenvalue weighted by Crippen LogP contribution is -2.42. The van der Waals surface area contributed by atoms with E-state index in [0.29, 0.717) is 17.6 Å². The van der Waals surface area contributed by atoms with E-state index in [1.165, 1.54) is 25.7 Å². The lowest BCUT2D eigenvalue weighted by molar-refractivity contribution is -0.117. The van der Waals surface area contributed by atoms with Gasteiger partial charge in [0.15, 0.2) is 0 Å². The van der Waals surface area contributed by atoms with Crippen LogP contribution in [0.5, 0.6) is 0 Å². The number of hydrogen-bond donors (Lipinski definition) is 0. The van der Waals surface area contributed by atoms with E-state index in [2.05, 4.69) is 53.8 Å². The van der Waals surface area contributed by atoms with Crippen LogP contribution < -0.4 is 0 Å². The predicted molar refractivity (Wildman–Crippen MR) is 89.3 cm³/mol. The van der Waals surface area contributed by atoms with E-state index in [-0.39, 0.29) is 9.34 Å². The van der Waals surface area contributed by atoms with Crippen molar-refractivity contribution in [2.45, 2.75) is 48.9 Å². The van der Waals surface area contributed by atoms with Gasteiger partial charge in [0, 0.05) is 6.42 Å². The van der Waals surface area contributed by atoms with Gasteiger partial charge in [-0.05, 0) is 60.0 Å². The van der Waals surface area contributed by atoms with Crippen LogP contribution in [0.15, 0.2) is 24.3 Å². The van der Waals surface area contributed by atoms with Gasteiger partial charge in [-0.1, -0.05) is 53.8 Å². The minimum Gasteiger partial charge on any atom is -0.298 e. The Morgan fingerprint density at radius 3 is 2.90 bits per heavy atom. The second-order valence-electron chi connectivity index (χ2n) is 7.19. The van der Waals surface area contributed by atoms with Gasteiger partial charge in [0.2, 0.25) is 0 Å². The molecule has 0 radical (unpaired) electrons. The summed E-state index contributed by atoms with van der Waals surface area (Å²) in [5.74, 6) is 2.60. The maximum Gasteiger partial charge on any atom is 0.146 e. The van der Waals surface area contributed by atoms with Crippen LogP contribution in [-0.2, 0) is 11.2 Å². The van der Waals surface area contributed by atoms with Gasteiger partial charge in [0.05, 0.1) is 3.92 Å². The van der Waals surface area contributed by atoms with Crippen LogP contribution in [0.3, 0.4) is 0 Å². The molecule has 3 aliphatic carbocycles. The zero-order valence-electron chi connectivity index (χ0n) is 11.9. The Hall–Kier alpha value is -0.380. The molecule has 4 rings (SSSR count). The van der Waals surface area contributed by atoms with Crippen LogP contribution in [0.2, 0.25) is 0 Å². The van der Waals surface area contributed by atoms with Crippen LogP contribution >= 0.6 is 22.6 Å². The van der Waals surface area contributed by atoms with Crippen molar-refractivity contribution in [3.63, 3.8) is 0 Å². The summed E-state index contributed by atoms with van der Waals surface area (Å²) in [6.45, 7) is 2.39. The smallest absolute Gasteiger partial charge is 0.146 e. The summed E-state index contributed by atoms with van der Waals surface area (Å²) in [5.41, 5.74) is 3.42. The largest absolute Gasteiger partial charge is 0.298 e. The molecular weight excluding hydrogens is 359 g/mol. The summed E-state index contributed by atoms with van der Waals surface area (Å²) in [7, 11) is 0. The predicted octanol–water partition coefficient (Wildman–Crippen LogP) is 4.53. The highest BCUT2D eigenvalue weighted by Crippen LogP contribution is 2.61. The Bertz CT molecular complexity index is 566. The molecule has 2 heteroatoms. The van der Waals surface area contributed by atoms with Gasteiger partial charge in [-0.2, -0.15) is 0 Å². The number of rotatable bonds is 0. The molecule has 0 aromatic heterocycles. The first-order valence-corrected chi connectivity index (χ1v) is 9.10. The summed E-state index contributed by atoms with van der Waals surface area (Å²) < 4.78 is 0.253. The number of benzene rings is 1. The summed E-state index contributed by atoms with van der Waals surface area (Å²) in [6.07, 6.45) is 5.85. The van der Waals surface area contributed by atoms with Crippen LogP contribution in [0.25, 0.3) is 0 Å². The van der Waals surface area contributed by atoms with Crippen molar-refractivity contribution in [1.82, 2.24) is 0 Å². The molecule has 2 fully saturated rings. The summed E-state index contributed by atoms with van der Waals surface area (Å²) >= 11 is 2.42. The Balaban J connectivity index is 1.73. The van der Waals surface area contributed by atoms with Gasteiger partial charge in [-0.3, -0.25) is 4.79 Å². The van der Waals surface area contributed by atoms with Crippen molar-refractivity contribution in [2.24, 2.45) is 17.3 Å². The average molecular weight is 380 g/mol. The lowest BCUT2D eigenvalue weighted by atomic mass is 9.56. The zero-order valence-corrected chi connectivity index (χ0v) is 14.1. The highest BCUT2D eigenvalue weighted by atomic mass is 127. The number of halogens is 1.